The Morgan fingerprint density at radius 1 is 1.47 bits per heavy atom. The molecule has 0 saturated heterocycles. The minimum atomic E-state index is -3.65. The van der Waals surface area contributed by atoms with Crippen molar-refractivity contribution in [3.8, 4) is 0 Å². The molecule has 0 aliphatic rings. The summed E-state index contributed by atoms with van der Waals surface area (Å²) in [5.41, 5.74) is 0.830. The van der Waals surface area contributed by atoms with Gasteiger partial charge in [-0.15, -0.1) is 0 Å². The lowest BCUT2D eigenvalue weighted by Gasteiger charge is -2.14. The highest BCUT2D eigenvalue weighted by Crippen LogP contribution is 2.10. The zero-order valence-electron chi connectivity index (χ0n) is 10.8. The first-order valence-corrected chi connectivity index (χ1v) is 7.14. The average Bonchev–Trinajstić information content (AvgIpc) is 2.34. The van der Waals surface area contributed by atoms with Crippen LogP contribution in [0.25, 0.3) is 0 Å². The summed E-state index contributed by atoms with van der Waals surface area (Å²) in [7, 11) is -2.30. The van der Waals surface area contributed by atoms with Gasteiger partial charge in [0.15, 0.2) is 0 Å². The molecular formula is C12H17NO5S. The summed E-state index contributed by atoms with van der Waals surface area (Å²) < 4.78 is 31.2. The van der Waals surface area contributed by atoms with Gasteiger partial charge in [-0.3, -0.25) is 4.79 Å². The number of carboxylic acid groups (broad SMARTS) is 1. The van der Waals surface area contributed by atoms with Gasteiger partial charge in [0.25, 0.3) is 0 Å². The van der Waals surface area contributed by atoms with E-state index in [1.165, 1.54) is 13.2 Å². The molecule has 0 spiro atoms. The molecule has 0 amide bonds. The van der Waals surface area contributed by atoms with E-state index >= 15 is 0 Å². The molecule has 1 unspecified atom stereocenters. The zero-order valence-corrected chi connectivity index (χ0v) is 11.6. The van der Waals surface area contributed by atoms with Gasteiger partial charge in [0.05, 0.1) is 17.4 Å². The maximum absolute atomic E-state index is 12.0. The van der Waals surface area contributed by atoms with Crippen LogP contribution in [-0.2, 0) is 19.6 Å². The Balaban J connectivity index is 2.72. The van der Waals surface area contributed by atoms with E-state index < -0.39 is 22.1 Å². The maximum atomic E-state index is 12.0. The summed E-state index contributed by atoms with van der Waals surface area (Å²) in [6.45, 7) is 1.71. The molecule has 6 nitrogen and oxygen atoms in total. The lowest BCUT2D eigenvalue weighted by atomic mass is 10.2. The molecule has 0 aromatic heterocycles. The second-order valence-corrected chi connectivity index (χ2v) is 5.89. The van der Waals surface area contributed by atoms with Crippen LogP contribution in [0.5, 0.6) is 0 Å². The van der Waals surface area contributed by atoms with Gasteiger partial charge in [0.2, 0.25) is 10.0 Å². The SMILES string of the molecule is COC(CNS(=O)(=O)c1cccc(C)c1)CC(=O)O. The second-order valence-electron chi connectivity index (χ2n) is 4.12. The maximum Gasteiger partial charge on any atom is 0.306 e. The average molecular weight is 287 g/mol. The Morgan fingerprint density at radius 3 is 2.68 bits per heavy atom. The van der Waals surface area contributed by atoms with Crippen LogP contribution in [0.3, 0.4) is 0 Å². The minimum absolute atomic E-state index is 0.0843. The van der Waals surface area contributed by atoms with Crippen LogP contribution in [0.4, 0.5) is 0 Å². The van der Waals surface area contributed by atoms with Gasteiger partial charge in [-0.2, -0.15) is 0 Å². The largest absolute Gasteiger partial charge is 0.481 e. The fourth-order valence-corrected chi connectivity index (χ4v) is 2.67. The van der Waals surface area contributed by atoms with Crippen LogP contribution in [0.1, 0.15) is 12.0 Å². The summed E-state index contributed by atoms with van der Waals surface area (Å²) in [5, 5.41) is 8.64. The second kappa shape index (κ2) is 6.65. The number of ether oxygens (including phenoxy) is 1. The van der Waals surface area contributed by atoms with Gasteiger partial charge >= 0.3 is 5.97 Å². The first-order valence-electron chi connectivity index (χ1n) is 5.66. The molecule has 19 heavy (non-hydrogen) atoms. The van der Waals surface area contributed by atoms with Gasteiger partial charge in [-0.05, 0) is 24.6 Å². The predicted molar refractivity (Wildman–Crippen MR) is 69.4 cm³/mol. The van der Waals surface area contributed by atoms with Crippen LogP contribution in [0.15, 0.2) is 29.2 Å². The summed E-state index contributed by atoms with van der Waals surface area (Å²) >= 11 is 0. The Hall–Kier alpha value is -1.44. The molecule has 1 rings (SSSR count). The van der Waals surface area contributed by atoms with Crippen molar-refractivity contribution in [3.63, 3.8) is 0 Å². The quantitative estimate of drug-likeness (QED) is 0.772. The molecule has 2 N–H and O–H groups in total. The fraction of sp³-hybridized carbons (Fsp3) is 0.417. The fourth-order valence-electron chi connectivity index (χ4n) is 1.50. The van der Waals surface area contributed by atoms with Crippen molar-refractivity contribution in [3.05, 3.63) is 29.8 Å². The van der Waals surface area contributed by atoms with E-state index in [0.717, 1.165) is 5.56 Å². The number of benzene rings is 1. The van der Waals surface area contributed by atoms with Crippen molar-refractivity contribution in [1.82, 2.24) is 4.72 Å². The topological polar surface area (TPSA) is 92.7 Å². The lowest BCUT2D eigenvalue weighted by molar-refractivity contribution is -0.139. The van der Waals surface area contributed by atoms with Crippen LogP contribution >= 0.6 is 0 Å². The Kier molecular flexibility index (Phi) is 5.46. The third-order valence-electron chi connectivity index (χ3n) is 2.54. The van der Waals surface area contributed by atoms with Crippen molar-refractivity contribution in [2.24, 2.45) is 0 Å². The van der Waals surface area contributed by atoms with Gasteiger partial charge in [-0.1, -0.05) is 12.1 Å². The summed E-state index contributed by atoms with van der Waals surface area (Å²) in [4.78, 5) is 10.7. The van der Waals surface area contributed by atoms with Gasteiger partial charge in [0, 0.05) is 13.7 Å². The molecule has 0 aliphatic carbocycles. The first kappa shape index (κ1) is 15.6. The third kappa shape index (κ3) is 4.98. The lowest BCUT2D eigenvalue weighted by Crippen LogP contribution is -2.34. The number of nitrogens with one attached hydrogen (secondary N) is 1. The molecule has 1 aromatic rings. The molecular weight excluding hydrogens is 270 g/mol. The number of aryl methyl sites for hydroxylation is 1. The number of aliphatic carboxylic acids is 1. The molecule has 106 valence electrons. The number of sulfonamides is 1. The van der Waals surface area contributed by atoms with E-state index in [1.807, 2.05) is 0 Å². The van der Waals surface area contributed by atoms with Crippen molar-refractivity contribution in [2.75, 3.05) is 13.7 Å². The van der Waals surface area contributed by atoms with Crippen LogP contribution in [-0.4, -0.2) is 39.3 Å². The Labute approximate surface area is 112 Å². The highest BCUT2D eigenvalue weighted by Gasteiger charge is 2.18. The van der Waals surface area contributed by atoms with E-state index in [9.17, 15) is 13.2 Å². The standard InChI is InChI=1S/C12H17NO5S/c1-9-4-3-5-11(6-9)19(16,17)13-8-10(18-2)7-12(14)15/h3-6,10,13H,7-8H2,1-2H3,(H,14,15). The molecule has 0 bridgehead atoms. The van der Waals surface area contributed by atoms with Gasteiger partial charge < -0.3 is 9.84 Å². The first-order chi connectivity index (χ1) is 8.85. The molecule has 0 aliphatic heterocycles. The smallest absolute Gasteiger partial charge is 0.306 e. The molecule has 7 heteroatoms. The van der Waals surface area contributed by atoms with E-state index in [2.05, 4.69) is 4.72 Å². The molecule has 1 aromatic carbocycles. The van der Waals surface area contributed by atoms with Crippen LogP contribution < -0.4 is 4.72 Å². The highest BCUT2D eigenvalue weighted by atomic mass is 32.2. The molecule has 0 fully saturated rings. The monoisotopic (exact) mass is 287 g/mol. The van der Waals surface area contributed by atoms with Crippen molar-refractivity contribution in [1.29, 1.82) is 0 Å². The summed E-state index contributed by atoms with van der Waals surface area (Å²) in [6, 6.07) is 6.46. The molecule has 1 atom stereocenters. The molecule has 0 saturated carbocycles. The van der Waals surface area contributed by atoms with Crippen molar-refractivity contribution >= 4 is 16.0 Å². The normalized spacial score (nSPS) is 13.2. The van der Waals surface area contributed by atoms with E-state index in [0.29, 0.717) is 0 Å². The predicted octanol–water partition coefficient (Wildman–Crippen LogP) is 0.763. The number of hydrogen-bond donors (Lipinski definition) is 2. The van der Waals surface area contributed by atoms with E-state index in [-0.39, 0.29) is 17.9 Å². The van der Waals surface area contributed by atoms with Gasteiger partial charge in [0.1, 0.15) is 0 Å². The summed E-state index contributed by atoms with van der Waals surface area (Å²) in [5.74, 6) is -1.04. The number of carbonyl (C=O) groups is 1. The zero-order chi connectivity index (χ0) is 14.5. The van der Waals surface area contributed by atoms with Crippen molar-refractivity contribution < 1.29 is 23.1 Å². The van der Waals surface area contributed by atoms with Gasteiger partial charge in [-0.25, -0.2) is 13.1 Å². The van der Waals surface area contributed by atoms with Crippen LogP contribution in [0.2, 0.25) is 0 Å². The van der Waals surface area contributed by atoms with E-state index in [1.54, 1.807) is 25.1 Å². The summed E-state index contributed by atoms with van der Waals surface area (Å²) in [6.07, 6.45) is -0.954. The third-order valence-corrected chi connectivity index (χ3v) is 3.96. The number of hydrogen-bond acceptors (Lipinski definition) is 4. The van der Waals surface area contributed by atoms with E-state index in [4.69, 9.17) is 9.84 Å². The highest BCUT2D eigenvalue weighted by molar-refractivity contribution is 7.89. The number of methoxy groups -OCH3 is 1. The van der Waals surface area contributed by atoms with Crippen LogP contribution in [0, 0.1) is 6.92 Å². The van der Waals surface area contributed by atoms with Crippen molar-refractivity contribution in [2.45, 2.75) is 24.3 Å². The number of rotatable bonds is 7. The Morgan fingerprint density at radius 2 is 2.16 bits per heavy atom. The number of carboxylic acids is 1. The molecule has 0 heterocycles. The minimum Gasteiger partial charge on any atom is -0.481 e. The molecule has 0 radical (unpaired) electrons. The Bertz CT molecular complexity index is 541.